The standard InChI is InChI=1S/C16H16N2O4/c1-10-7-14(19)12(9-17-10)15(20)18-13(16(21)22)8-11-5-3-2-4-6-11/h2-7,9,13H,8H2,1H3,(H,17,19)(H,18,20)(H,21,22)/t13-/m0/s1. The Bertz CT molecular complexity index is 737. The first-order chi connectivity index (χ1) is 10.5. The maximum absolute atomic E-state index is 12.1. The number of amides is 1. The molecule has 6 heteroatoms. The van der Waals surface area contributed by atoms with Crippen molar-refractivity contribution in [2.75, 3.05) is 0 Å². The van der Waals surface area contributed by atoms with E-state index in [-0.39, 0.29) is 12.0 Å². The minimum atomic E-state index is -1.15. The molecule has 114 valence electrons. The number of hydrogen-bond donors (Lipinski definition) is 3. The minimum Gasteiger partial charge on any atom is -0.480 e. The molecule has 0 spiro atoms. The van der Waals surface area contributed by atoms with Gasteiger partial charge >= 0.3 is 5.97 Å². The molecule has 0 aliphatic carbocycles. The van der Waals surface area contributed by atoms with E-state index < -0.39 is 23.3 Å². The smallest absolute Gasteiger partial charge is 0.326 e. The Hall–Kier alpha value is -2.89. The fourth-order valence-electron chi connectivity index (χ4n) is 2.04. The highest BCUT2D eigenvalue weighted by Gasteiger charge is 2.22. The summed E-state index contributed by atoms with van der Waals surface area (Å²) in [4.78, 5) is 37.9. The predicted molar refractivity (Wildman–Crippen MR) is 80.8 cm³/mol. The Morgan fingerprint density at radius 3 is 2.55 bits per heavy atom. The van der Waals surface area contributed by atoms with Crippen molar-refractivity contribution in [3.05, 3.63) is 69.6 Å². The predicted octanol–water partition coefficient (Wildman–Crippen LogP) is 1.11. The van der Waals surface area contributed by atoms with Crippen molar-refractivity contribution in [2.45, 2.75) is 19.4 Å². The number of aromatic amines is 1. The molecular formula is C16H16N2O4. The van der Waals surface area contributed by atoms with Crippen molar-refractivity contribution in [1.29, 1.82) is 0 Å². The van der Waals surface area contributed by atoms with Gasteiger partial charge in [0, 0.05) is 24.4 Å². The van der Waals surface area contributed by atoms with E-state index >= 15 is 0 Å². The number of pyridine rings is 1. The summed E-state index contributed by atoms with van der Waals surface area (Å²) in [5.74, 6) is -1.86. The molecule has 2 aromatic rings. The lowest BCUT2D eigenvalue weighted by atomic mass is 10.1. The lowest BCUT2D eigenvalue weighted by Crippen LogP contribution is -2.43. The zero-order chi connectivity index (χ0) is 16.1. The summed E-state index contributed by atoms with van der Waals surface area (Å²) >= 11 is 0. The third-order valence-electron chi connectivity index (χ3n) is 3.19. The van der Waals surface area contributed by atoms with Crippen molar-refractivity contribution < 1.29 is 14.7 Å². The molecule has 1 heterocycles. The molecule has 3 N–H and O–H groups in total. The number of aromatic nitrogens is 1. The monoisotopic (exact) mass is 300 g/mol. The molecule has 0 saturated carbocycles. The summed E-state index contributed by atoms with van der Waals surface area (Å²) in [6.45, 7) is 1.69. The van der Waals surface area contributed by atoms with Gasteiger partial charge in [-0.1, -0.05) is 30.3 Å². The summed E-state index contributed by atoms with van der Waals surface area (Å²) in [5.41, 5.74) is 0.858. The number of H-pyrrole nitrogens is 1. The van der Waals surface area contributed by atoms with Gasteiger partial charge in [-0.25, -0.2) is 4.79 Å². The van der Waals surface area contributed by atoms with Crippen LogP contribution in [0.1, 0.15) is 21.6 Å². The molecule has 6 nitrogen and oxygen atoms in total. The van der Waals surface area contributed by atoms with E-state index in [1.807, 2.05) is 6.07 Å². The summed E-state index contributed by atoms with van der Waals surface area (Å²) in [6, 6.07) is 9.16. The number of nitrogens with one attached hydrogen (secondary N) is 2. The van der Waals surface area contributed by atoms with Crippen molar-refractivity contribution in [2.24, 2.45) is 0 Å². The Kier molecular flexibility index (Phi) is 4.73. The SMILES string of the molecule is Cc1cc(=O)c(C(=O)N[C@@H](Cc2ccccc2)C(=O)O)c[nH]1. The molecule has 0 aliphatic rings. The van der Waals surface area contributed by atoms with E-state index in [4.69, 9.17) is 0 Å². The van der Waals surface area contributed by atoms with Gasteiger partial charge in [0.15, 0.2) is 5.43 Å². The van der Waals surface area contributed by atoms with E-state index in [2.05, 4.69) is 10.3 Å². The van der Waals surface area contributed by atoms with Crippen LogP contribution < -0.4 is 10.7 Å². The Balaban J connectivity index is 2.15. The number of hydrogen-bond acceptors (Lipinski definition) is 3. The number of benzene rings is 1. The third-order valence-corrected chi connectivity index (χ3v) is 3.19. The highest BCUT2D eigenvalue weighted by molar-refractivity contribution is 5.96. The van der Waals surface area contributed by atoms with Gasteiger partial charge in [0.1, 0.15) is 11.6 Å². The second-order valence-corrected chi connectivity index (χ2v) is 4.95. The van der Waals surface area contributed by atoms with Gasteiger partial charge in [0.25, 0.3) is 5.91 Å². The lowest BCUT2D eigenvalue weighted by molar-refractivity contribution is -0.139. The third kappa shape index (κ3) is 3.82. The summed E-state index contributed by atoms with van der Waals surface area (Å²) in [6.07, 6.45) is 1.43. The van der Waals surface area contributed by atoms with Gasteiger partial charge in [-0.15, -0.1) is 0 Å². The molecule has 0 fully saturated rings. The summed E-state index contributed by atoms with van der Waals surface area (Å²) < 4.78 is 0. The second-order valence-electron chi connectivity index (χ2n) is 4.95. The van der Waals surface area contributed by atoms with Crippen molar-refractivity contribution in [3.8, 4) is 0 Å². The largest absolute Gasteiger partial charge is 0.480 e. The normalized spacial score (nSPS) is 11.7. The minimum absolute atomic E-state index is 0.107. The topological polar surface area (TPSA) is 99.3 Å². The Labute approximate surface area is 126 Å². The van der Waals surface area contributed by atoms with Crippen molar-refractivity contribution >= 4 is 11.9 Å². The van der Waals surface area contributed by atoms with E-state index in [0.29, 0.717) is 5.69 Å². The molecule has 0 bridgehead atoms. The molecule has 0 aliphatic heterocycles. The molecule has 0 saturated heterocycles. The van der Waals surface area contributed by atoms with Gasteiger partial charge in [0.05, 0.1) is 0 Å². The number of aryl methyl sites for hydroxylation is 1. The van der Waals surface area contributed by atoms with Crippen LogP contribution in [-0.4, -0.2) is 28.0 Å². The molecular weight excluding hydrogens is 284 g/mol. The second kappa shape index (κ2) is 6.71. The van der Waals surface area contributed by atoms with E-state index in [1.54, 1.807) is 31.2 Å². The molecule has 0 radical (unpaired) electrons. The molecule has 1 atom stereocenters. The molecule has 1 aromatic heterocycles. The Morgan fingerprint density at radius 2 is 1.95 bits per heavy atom. The van der Waals surface area contributed by atoms with Gasteiger partial charge in [0.2, 0.25) is 0 Å². The maximum atomic E-state index is 12.1. The number of rotatable bonds is 5. The fourth-order valence-corrected chi connectivity index (χ4v) is 2.04. The summed E-state index contributed by atoms with van der Waals surface area (Å²) in [7, 11) is 0. The molecule has 0 unspecified atom stereocenters. The number of carboxylic acid groups (broad SMARTS) is 1. The lowest BCUT2D eigenvalue weighted by Gasteiger charge is -2.14. The fraction of sp³-hybridized carbons (Fsp3) is 0.188. The first-order valence-electron chi connectivity index (χ1n) is 6.74. The maximum Gasteiger partial charge on any atom is 0.326 e. The van der Waals surface area contributed by atoms with Crippen LogP contribution in [0.25, 0.3) is 0 Å². The molecule has 1 amide bonds. The molecule has 1 aromatic carbocycles. The van der Waals surface area contributed by atoms with Gasteiger partial charge in [-0.2, -0.15) is 0 Å². The van der Waals surface area contributed by atoms with E-state index in [0.717, 1.165) is 5.56 Å². The molecule has 22 heavy (non-hydrogen) atoms. The van der Waals surface area contributed by atoms with Crippen LogP contribution in [0.5, 0.6) is 0 Å². The van der Waals surface area contributed by atoms with Crippen LogP contribution in [0, 0.1) is 6.92 Å². The molecule has 2 rings (SSSR count). The van der Waals surface area contributed by atoms with Crippen LogP contribution in [0.4, 0.5) is 0 Å². The van der Waals surface area contributed by atoms with Crippen LogP contribution in [0.3, 0.4) is 0 Å². The van der Waals surface area contributed by atoms with Gasteiger partial charge in [-0.05, 0) is 12.5 Å². The van der Waals surface area contributed by atoms with E-state index in [1.165, 1.54) is 12.3 Å². The van der Waals surface area contributed by atoms with Crippen molar-refractivity contribution in [1.82, 2.24) is 10.3 Å². The highest BCUT2D eigenvalue weighted by atomic mass is 16.4. The van der Waals surface area contributed by atoms with Crippen LogP contribution in [0.15, 0.2) is 47.4 Å². The summed E-state index contributed by atoms with van der Waals surface area (Å²) in [5, 5.41) is 11.6. The zero-order valence-electron chi connectivity index (χ0n) is 12.0. The van der Waals surface area contributed by atoms with Crippen LogP contribution >= 0.6 is 0 Å². The first kappa shape index (κ1) is 15.5. The average Bonchev–Trinajstić information content (AvgIpc) is 2.47. The van der Waals surface area contributed by atoms with Crippen LogP contribution in [0.2, 0.25) is 0 Å². The number of carbonyl (C=O) groups is 2. The van der Waals surface area contributed by atoms with Crippen LogP contribution in [-0.2, 0) is 11.2 Å². The Morgan fingerprint density at radius 1 is 1.27 bits per heavy atom. The average molecular weight is 300 g/mol. The number of carbonyl (C=O) groups excluding carboxylic acids is 1. The highest BCUT2D eigenvalue weighted by Crippen LogP contribution is 2.04. The number of aliphatic carboxylic acids is 1. The van der Waals surface area contributed by atoms with E-state index in [9.17, 15) is 19.5 Å². The first-order valence-corrected chi connectivity index (χ1v) is 6.74. The zero-order valence-corrected chi connectivity index (χ0v) is 12.0. The quantitative estimate of drug-likeness (QED) is 0.770. The van der Waals surface area contributed by atoms with Gasteiger partial charge < -0.3 is 15.4 Å². The number of carboxylic acids is 1. The van der Waals surface area contributed by atoms with Crippen molar-refractivity contribution in [3.63, 3.8) is 0 Å². The van der Waals surface area contributed by atoms with Gasteiger partial charge in [-0.3, -0.25) is 9.59 Å².